The number of carbonyl (C=O) groups excluding carboxylic acids is 4. The third kappa shape index (κ3) is 4.42. The molecule has 0 unspecified atom stereocenters. The van der Waals surface area contributed by atoms with Gasteiger partial charge in [0.05, 0.1) is 25.7 Å². The van der Waals surface area contributed by atoms with E-state index in [0.717, 1.165) is 0 Å². The van der Waals surface area contributed by atoms with Gasteiger partial charge in [0.15, 0.2) is 35.0 Å². The molecular weight excluding hydrogens is 576 g/mol. The van der Waals surface area contributed by atoms with Crippen LogP contribution in [0, 0.1) is 13.8 Å². The van der Waals surface area contributed by atoms with Gasteiger partial charge in [-0.05, 0) is 51.0 Å². The molecule has 0 saturated carbocycles. The van der Waals surface area contributed by atoms with Gasteiger partial charge < -0.3 is 38.6 Å². The van der Waals surface area contributed by atoms with Crippen molar-refractivity contribution in [3.05, 3.63) is 34.4 Å². The number of ketones is 2. The smallest absolute Gasteiger partial charge is 0.309 e. The van der Waals surface area contributed by atoms with Crippen LogP contribution >= 0.6 is 0 Å². The van der Waals surface area contributed by atoms with E-state index in [-0.39, 0.29) is 65.4 Å². The van der Waals surface area contributed by atoms with E-state index in [4.69, 9.17) is 28.4 Å². The first-order valence-corrected chi connectivity index (χ1v) is 14.3. The lowest BCUT2D eigenvalue weighted by Gasteiger charge is -2.41. The van der Waals surface area contributed by atoms with Crippen LogP contribution in [0.1, 0.15) is 71.4 Å². The molecule has 4 aliphatic heterocycles. The van der Waals surface area contributed by atoms with Crippen LogP contribution in [-0.4, -0.2) is 83.6 Å². The molecule has 12 heteroatoms. The van der Waals surface area contributed by atoms with Gasteiger partial charge in [-0.25, -0.2) is 0 Å². The zero-order valence-corrected chi connectivity index (χ0v) is 25.3. The van der Waals surface area contributed by atoms with Crippen LogP contribution < -0.4 is 9.47 Å². The zero-order chi connectivity index (χ0) is 31.9. The van der Waals surface area contributed by atoms with E-state index >= 15 is 0 Å². The highest BCUT2D eigenvalue weighted by molar-refractivity contribution is 6.09. The summed E-state index contributed by atoms with van der Waals surface area (Å²) >= 11 is 0. The van der Waals surface area contributed by atoms with Gasteiger partial charge in [0.25, 0.3) is 0 Å². The molecule has 0 aromatic heterocycles. The average Bonchev–Trinajstić information content (AvgIpc) is 3.52. The number of esters is 2. The minimum atomic E-state index is -1.36. The summed E-state index contributed by atoms with van der Waals surface area (Å²) in [6.45, 7) is 6.67. The molecule has 44 heavy (non-hydrogen) atoms. The number of phenols is 2. The van der Waals surface area contributed by atoms with Crippen LogP contribution in [0.2, 0.25) is 0 Å². The molecule has 4 heterocycles. The fourth-order valence-corrected chi connectivity index (χ4v) is 7.10. The molecule has 0 aliphatic carbocycles. The van der Waals surface area contributed by atoms with Gasteiger partial charge in [0.1, 0.15) is 46.3 Å². The molecule has 6 rings (SSSR count). The molecule has 4 aliphatic rings. The van der Waals surface area contributed by atoms with Crippen molar-refractivity contribution >= 4 is 23.5 Å². The van der Waals surface area contributed by atoms with Gasteiger partial charge in [-0.2, -0.15) is 0 Å². The number of carbonyl (C=O) groups is 4. The van der Waals surface area contributed by atoms with E-state index in [1.54, 1.807) is 33.8 Å². The minimum Gasteiger partial charge on any atom is -0.507 e. The van der Waals surface area contributed by atoms with Crippen LogP contribution in [0.4, 0.5) is 0 Å². The molecule has 0 radical (unpaired) electrons. The van der Waals surface area contributed by atoms with Crippen molar-refractivity contribution in [2.45, 2.75) is 89.0 Å². The van der Waals surface area contributed by atoms with Crippen LogP contribution in [0.25, 0.3) is 11.1 Å². The summed E-state index contributed by atoms with van der Waals surface area (Å²) in [7, 11) is 2.89. The van der Waals surface area contributed by atoms with Gasteiger partial charge in [0, 0.05) is 25.3 Å². The highest BCUT2D eigenvalue weighted by Crippen LogP contribution is 2.54. The lowest BCUT2D eigenvalue weighted by atomic mass is 9.80. The molecule has 0 spiro atoms. The predicted octanol–water partition coefficient (Wildman–Crippen LogP) is 3.49. The highest BCUT2D eigenvalue weighted by atomic mass is 16.6. The van der Waals surface area contributed by atoms with E-state index in [1.807, 2.05) is 0 Å². The maximum atomic E-state index is 13.7. The average molecular weight is 611 g/mol. The van der Waals surface area contributed by atoms with Crippen molar-refractivity contribution in [1.29, 1.82) is 0 Å². The Morgan fingerprint density at radius 3 is 1.77 bits per heavy atom. The number of aryl methyl sites for hydroxylation is 2. The van der Waals surface area contributed by atoms with Crippen molar-refractivity contribution in [1.82, 2.24) is 0 Å². The van der Waals surface area contributed by atoms with Crippen molar-refractivity contribution in [2.24, 2.45) is 0 Å². The first-order chi connectivity index (χ1) is 20.7. The Morgan fingerprint density at radius 1 is 0.727 bits per heavy atom. The number of hydrogen-bond acceptors (Lipinski definition) is 12. The van der Waals surface area contributed by atoms with Crippen LogP contribution in [0.3, 0.4) is 0 Å². The SMILES string of the molecule is CO[C@H]1CC(=O)O[C@@H]1[C@@]1(C)CC(=O)c2c(cc(C)c(-c3c(C)cc(O)c4c3O[C@](C)([C@H]3OC(=O)C[C@@H]3OC)CC4=O)c2O)O1. The number of hydrogen-bond donors (Lipinski definition) is 2. The molecule has 12 nitrogen and oxygen atoms in total. The topological polar surface area (TPSA) is 164 Å². The van der Waals surface area contributed by atoms with Gasteiger partial charge in [-0.3, -0.25) is 19.2 Å². The second-order valence-electron chi connectivity index (χ2n) is 12.4. The summed E-state index contributed by atoms with van der Waals surface area (Å²) in [6, 6.07) is 3.00. The van der Waals surface area contributed by atoms with E-state index in [1.165, 1.54) is 20.3 Å². The summed E-state index contributed by atoms with van der Waals surface area (Å²) in [4.78, 5) is 51.5. The van der Waals surface area contributed by atoms with Crippen molar-refractivity contribution in [3.63, 3.8) is 0 Å². The third-order valence-electron chi connectivity index (χ3n) is 9.17. The van der Waals surface area contributed by atoms with Crippen molar-refractivity contribution in [2.75, 3.05) is 14.2 Å². The molecule has 2 aromatic carbocycles. The van der Waals surface area contributed by atoms with E-state index in [2.05, 4.69) is 0 Å². The lowest BCUT2D eigenvalue weighted by molar-refractivity contribution is -0.154. The zero-order valence-electron chi connectivity index (χ0n) is 25.3. The normalized spacial score (nSPS) is 31.1. The number of aromatic hydroxyl groups is 2. The number of phenolic OH excluding ortho intramolecular Hbond substituents is 2. The van der Waals surface area contributed by atoms with E-state index in [0.29, 0.717) is 16.7 Å². The first-order valence-electron chi connectivity index (χ1n) is 14.3. The second-order valence-corrected chi connectivity index (χ2v) is 12.4. The quantitative estimate of drug-likeness (QED) is 0.475. The number of ether oxygens (including phenoxy) is 6. The molecule has 2 saturated heterocycles. The molecule has 0 bridgehead atoms. The summed E-state index contributed by atoms with van der Waals surface area (Å²) in [5.41, 5.74) is -1.33. The monoisotopic (exact) mass is 610 g/mol. The standard InChI is InChI=1S/C32H34O12/c1-13-7-15(33)25-16(34)11-32(4,30-20(40-6)10-22(37)42-30)44-28(25)24(13)23-14(2)8-18-26(27(23)38)17(35)12-31(3,43-18)29-19(39-5)9-21(36)41-29/h7-8,19-20,29-30,33,38H,9-12H2,1-6H3/t19-,20-,29-,30-,31+,32-/m0/s1. The summed E-state index contributed by atoms with van der Waals surface area (Å²) in [5.74, 6) is -2.44. The fourth-order valence-electron chi connectivity index (χ4n) is 7.10. The van der Waals surface area contributed by atoms with Crippen LogP contribution in [0.5, 0.6) is 23.0 Å². The molecule has 0 amide bonds. The summed E-state index contributed by atoms with van der Waals surface area (Å²) < 4.78 is 34.7. The van der Waals surface area contributed by atoms with E-state index in [9.17, 15) is 29.4 Å². The molecular formula is C32H34O12. The molecule has 234 valence electrons. The number of rotatable bonds is 5. The highest BCUT2D eigenvalue weighted by Gasteiger charge is 2.55. The van der Waals surface area contributed by atoms with Crippen molar-refractivity contribution in [3.8, 4) is 34.1 Å². The predicted molar refractivity (Wildman–Crippen MR) is 151 cm³/mol. The van der Waals surface area contributed by atoms with Gasteiger partial charge >= 0.3 is 11.9 Å². The van der Waals surface area contributed by atoms with Crippen molar-refractivity contribution < 1.29 is 57.8 Å². The Hall–Kier alpha value is -4.16. The largest absolute Gasteiger partial charge is 0.507 e. The second kappa shape index (κ2) is 10.2. The van der Waals surface area contributed by atoms with E-state index < -0.39 is 59.1 Å². The minimum absolute atomic E-state index is 0.00720. The number of methoxy groups -OCH3 is 2. The van der Waals surface area contributed by atoms with Gasteiger partial charge in [0.2, 0.25) is 0 Å². The lowest BCUT2D eigenvalue weighted by Crippen LogP contribution is -2.53. The maximum absolute atomic E-state index is 13.7. The molecule has 6 atom stereocenters. The fraction of sp³-hybridized carbons (Fsp3) is 0.500. The Bertz CT molecular complexity index is 1630. The van der Waals surface area contributed by atoms with Gasteiger partial charge in [-0.1, -0.05) is 0 Å². The number of benzene rings is 2. The third-order valence-corrected chi connectivity index (χ3v) is 9.17. The molecule has 2 aromatic rings. The maximum Gasteiger partial charge on any atom is 0.309 e. The van der Waals surface area contributed by atoms with Gasteiger partial charge in [-0.15, -0.1) is 0 Å². The molecule has 2 N–H and O–H groups in total. The number of fused-ring (bicyclic) bond motifs is 2. The number of Topliss-reactive ketones (excluding diaryl/α,β-unsaturated/α-hetero) is 2. The first kappa shape index (κ1) is 29.9. The Balaban J connectivity index is 1.47. The summed E-state index contributed by atoms with van der Waals surface area (Å²) in [5, 5.41) is 22.6. The summed E-state index contributed by atoms with van der Waals surface area (Å²) in [6.07, 6.45) is -3.43. The van der Waals surface area contributed by atoms with Crippen LogP contribution in [-0.2, 0) is 28.5 Å². The number of cyclic esters (lactones) is 2. The Morgan fingerprint density at radius 2 is 1.23 bits per heavy atom. The molecule has 2 fully saturated rings. The van der Waals surface area contributed by atoms with Crippen LogP contribution in [0.15, 0.2) is 12.1 Å². The Labute approximate surface area is 253 Å². The Kier molecular flexibility index (Phi) is 6.93.